The lowest BCUT2D eigenvalue weighted by Gasteiger charge is -2.02. The molecular weight excluding hydrogens is 358 g/mol. The van der Waals surface area contributed by atoms with E-state index < -0.39 is 0 Å². The van der Waals surface area contributed by atoms with Gasteiger partial charge in [-0.1, -0.05) is 11.3 Å². The Balaban J connectivity index is 1.66. The van der Waals surface area contributed by atoms with Gasteiger partial charge in [0.25, 0.3) is 5.91 Å². The van der Waals surface area contributed by atoms with Gasteiger partial charge in [0.05, 0.1) is 19.9 Å². The monoisotopic (exact) mass is 371 g/mol. The number of carbonyl (C=O) groups excluding carboxylic acids is 1. The first-order valence-corrected chi connectivity index (χ1v) is 10.1. The van der Waals surface area contributed by atoms with E-state index >= 15 is 0 Å². The number of nitrogens with one attached hydrogen (secondary N) is 1. The second-order valence-corrected chi connectivity index (χ2v) is 8.31. The molecule has 4 rings (SSSR count). The Morgan fingerprint density at radius 1 is 1.08 bits per heavy atom. The fourth-order valence-electron chi connectivity index (χ4n) is 2.45. The summed E-state index contributed by atoms with van der Waals surface area (Å²) in [4.78, 5) is 22.6. The second kappa shape index (κ2) is 6.16. The average molecular weight is 372 g/mol. The van der Waals surface area contributed by atoms with Crippen LogP contribution in [0.4, 0.5) is 5.13 Å². The number of aromatic nitrogens is 2. The summed E-state index contributed by atoms with van der Waals surface area (Å²) in [5.74, 6) is -0.146. The predicted molar refractivity (Wildman–Crippen MR) is 104 cm³/mol. The first kappa shape index (κ1) is 15.6. The summed E-state index contributed by atoms with van der Waals surface area (Å²) in [5, 5.41) is 4.53. The predicted octanol–water partition coefficient (Wildman–Crippen LogP) is 5.19. The van der Waals surface area contributed by atoms with Gasteiger partial charge in [-0.25, -0.2) is 9.97 Å². The van der Waals surface area contributed by atoms with Crippen LogP contribution in [0, 0.1) is 6.92 Å². The molecule has 2 aromatic carbocycles. The van der Waals surface area contributed by atoms with Crippen molar-refractivity contribution in [2.24, 2.45) is 0 Å². The highest BCUT2D eigenvalue weighted by atomic mass is 32.2. The van der Waals surface area contributed by atoms with Crippen LogP contribution in [-0.2, 0) is 0 Å². The third-order valence-electron chi connectivity index (χ3n) is 3.59. The number of carbonyl (C=O) groups is 1. The minimum atomic E-state index is -0.146. The van der Waals surface area contributed by atoms with E-state index in [-0.39, 0.29) is 5.91 Å². The molecule has 4 nitrogen and oxygen atoms in total. The van der Waals surface area contributed by atoms with Crippen LogP contribution < -0.4 is 5.32 Å². The molecule has 7 heteroatoms. The molecule has 2 heterocycles. The molecular formula is C17H13N3OS3. The van der Waals surface area contributed by atoms with Gasteiger partial charge in [-0.05, 0) is 49.6 Å². The maximum absolute atomic E-state index is 12.4. The molecule has 4 aromatic rings. The van der Waals surface area contributed by atoms with Crippen LogP contribution in [0.25, 0.3) is 20.4 Å². The minimum Gasteiger partial charge on any atom is -0.298 e. The highest BCUT2D eigenvalue weighted by molar-refractivity contribution is 7.98. The number of hydrogen-bond acceptors (Lipinski definition) is 6. The molecule has 0 atom stereocenters. The zero-order valence-corrected chi connectivity index (χ0v) is 15.4. The fourth-order valence-corrected chi connectivity index (χ4v) is 4.71. The van der Waals surface area contributed by atoms with E-state index in [0.29, 0.717) is 10.7 Å². The third kappa shape index (κ3) is 2.79. The van der Waals surface area contributed by atoms with Crippen LogP contribution in [0.15, 0.2) is 41.3 Å². The van der Waals surface area contributed by atoms with Crippen molar-refractivity contribution in [3.63, 3.8) is 0 Å². The maximum atomic E-state index is 12.4. The molecule has 0 saturated heterocycles. The Morgan fingerprint density at radius 2 is 1.88 bits per heavy atom. The lowest BCUT2D eigenvalue weighted by Crippen LogP contribution is -2.11. The smallest absolute Gasteiger partial charge is 0.257 e. The molecule has 0 aliphatic heterocycles. The molecule has 0 radical (unpaired) electrons. The molecule has 2 aromatic heterocycles. The quantitative estimate of drug-likeness (QED) is 0.504. The van der Waals surface area contributed by atoms with Gasteiger partial charge in [0.2, 0.25) is 0 Å². The second-order valence-electron chi connectivity index (χ2n) is 5.20. The molecule has 0 saturated carbocycles. The average Bonchev–Trinajstić information content (AvgIpc) is 3.16. The number of benzene rings is 2. The van der Waals surface area contributed by atoms with Gasteiger partial charge < -0.3 is 0 Å². The topological polar surface area (TPSA) is 54.9 Å². The fraction of sp³-hybridized carbons (Fsp3) is 0.118. The van der Waals surface area contributed by atoms with Crippen molar-refractivity contribution >= 4 is 65.9 Å². The van der Waals surface area contributed by atoms with Crippen molar-refractivity contribution < 1.29 is 4.79 Å². The van der Waals surface area contributed by atoms with Crippen LogP contribution in [0.3, 0.4) is 0 Å². The van der Waals surface area contributed by atoms with Crippen LogP contribution in [0.2, 0.25) is 0 Å². The Morgan fingerprint density at radius 3 is 2.62 bits per heavy atom. The summed E-state index contributed by atoms with van der Waals surface area (Å²) in [6.45, 7) is 2.00. The molecule has 0 aliphatic carbocycles. The van der Waals surface area contributed by atoms with E-state index in [4.69, 9.17) is 0 Å². The normalized spacial score (nSPS) is 11.2. The van der Waals surface area contributed by atoms with E-state index in [0.717, 1.165) is 30.3 Å². The van der Waals surface area contributed by atoms with Crippen molar-refractivity contribution in [3.05, 3.63) is 47.0 Å². The highest BCUT2D eigenvalue weighted by Gasteiger charge is 2.13. The van der Waals surface area contributed by atoms with E-state index in [1.54, 1.807) is 23.1 Å². The van der Waals surface area contributed by atoms with Crippen LogP contribution in [-0.4, -0.2) is 22.1 Å². The molecule has 1 amide bonds. The van der Waals surface area contributed by atoms with Gasteiger partial charge in [0.15, 0.2) is 5.13 Å². The minimum absolute atomic E-state index is 0.146. The SMILES string of the molecule is CSc1ccc(C(=O)Nc2nc3ccc4sc(C)nc4c3s2)cc1. The Labute approximate surface area is 151 Å². The summed E-state index contributed by atoms with van der Waals surface area (Å²) in [5.41, 5.74) is 2.46. The molecule has 0 aliphatic rings. The lowest BCUT2D eigenvalue weighted by molar-refractivity contribution is 0.102. The summed E-state index contributed by atoms with van der Waals surface area (Å²) in [6.07, 6.45) is 2.01. The summed E-state index contributed by atoms with van der Waals surface area (Å²) in [7, 11) is 0. The van der Waals surface area contributed by atoms with Crippen molar-refractivity contribution in [1.82, 2.24) is 9.97 Å². The van der Waals surface area contributed by atoms with Gasteiger partial charge in [-0.3, -0.25) is 10.1 Å². The van der Waals surface area contributed by atoms with Gasteiger partial charge in [0.1, 0.15) is 5.52 Å². The van der Waals surface area contributed by atoms with Crippen LogP contribution >= 0.6 is 34.4 Å². The van der Waals surface area contributed by atoms with Crippen molar-refractivity contribution in [2.75, 3.05) is 11.6 Å². The first-order chi connectivity index (χ1) is 11.6. The number of nitrogens with zero attached hydrogens (tertiary/aromatic N) is 2. The Kier molecular flexibility index (Phi) is 3.99. The zero-order chi connectivity index (χ0) is 16.7. The molecule has 0 bridgehead atoms. The molecule has 120 valence electrons. The van der Waals surface area contributed by atoms with E-state index in [2.05, 4.69) is 15.3 Å². The summed E-state index contributed by atoms with van der Waals surface area (Å²) >= 11 is 4.79. The van der Waals surface area contributed by atoms with Gasteiger partial charge >= 0.3 is 0 Å². The number of anilines is 1. The Bertz CT molecular complexity index is 1050. The van der Waals surface area contributed by atoms with Crippen LogP contribution in [0.1, 0.15) is 15.4 Å². The highest BCUT2D eigenvalue weighted by Crippen LogP contribution is 2.34. The zero-order valence-electron chi connectivity index (χ0n) is 13.0. The van der Waals surface area contributed by atoms with Gasteiger partial charge in [0, 0.05) is 10.5 Å². The number of aryl methyl sites for hydroxylation is 1. The number of amides is 1. The van der Waals surface area contributed by atoms with Crippen molar-refractivity contribution in [1.29, 1.82) is 0 Å². The summed E-state index contributed by atoms with van der Waals surface area (Å²) < 4.78 is 2.17. The van der Waals surface area contributed by atoms with E-state index in [9.17, 15) is 4.79 Å². The Hall–Kier alpha value is -1.96. The number of thiazole rings is 2. The number of hydrogen-bond donors (Lipinski definition) is 1. The van der Waals surface area contributed by atoms with Gasteiger partial charge in [-0.15, -0.1) is 23.1 Å². The molecule has 0 unspecified atom stereocenters. The standard InChI is InChI=1S/C17H13N3OS3/c1-9-18-14-13(23-9)8-7-12-15(14)24-17(19-12)20-16(21)10-3-5-11(22-2)6-4-10/h3-8H,1-2H3,(H,19,20,21). The van der Waals surface area contributed by atoms with Gasteiger partial charge in [-0.2, -0.15) is 0 Å². The largest absolute Gasteiger partial charge is 0.298 e. The third-order valence-corrected chi connectivity index (χ3v) is 6.27. The van der Waals surface area contributed by atoms with Crippen LogP contribution in [0.5, 0.6) is 0 Å². The molecule has 0 fully saturated rings. The lowest BCUT2D eigenvalue weighted by atomic mass is 10.2. The van der Waals surface area contributed by atoms with E-state index in [1.165, 1.54) is 11.3 Å². The molecule has 1 N–H and O–H groups in total. The first-order valence-electron chi connectivity index (χ1n) is 7.26. The number of thioether (sulfide) groups is 1. The molecule has 0 spiro atoms. The van der Waals surface area contributed by atoms with Crippen molar-refractivity contribution in [2.45, 2.75) is 11.8 Å². The maximum Gasteiger partial charge on any atom is 0.257 e. The number of fused-ring (bicyclic) bond motifs is 3. The van der Waals surface area contributed by atoms with E-state index in [1.807, 2.05) is 49.6 Å². The number of rotatable bonds is 3. The summed E-state index contributed by atoms with van der Waals surface area (Å²) in [6, 6.07) is 11.6. The molecule has 24 heavy (non-hydrogen) atoms. The van der Waals surface area contributed by atoms with Crippen molar-refractivity contribution in [3.8, 4) is 0 Å².